The van der Waals surface area contributed by atoms with E-state index in [0.29, 0.717) is 6.42 Å². The largest absolute Gasteiger partial charge is 0.461 e. The molecule has 1 aliphatic heterocycles. The molecule has 136 valence electrons. The normalized spacial score (nSPS) is 21.0. The van der Waals surface area contributed by atoms with Gasteiger partial charge in [-0.25, -0.2) is 0 Å². The first-order valence-corrected chi connectivity index (χ1v) is 10.0. The molecule has 1 N–H and O–H groups in total. The van der Waals surface area contributed by atoms with Crippen LogP contribution in [0.1, 0.15) is 43.7 Å². The number of rotatable bonds is 1. The third-order valence-electron chi connectivity index (χ3n) is 5.62. The molecule has 2 aliphatic rings. The summed E-state index contributed by atoms with van der Waals surface area (Å²) in [5.41, 5.74) is 4.02. The highest BCUT2D eigenvalue weighted by atomic mass is 79.9. The summed E-state index contributed by atoms with van der Waals surface area (Å²) < 4.78 is 7.26. The average molecular weight is 422 g/mol. The third kappa shape index (κ3) is 2.66. The molecule has 0 fully saturated rings. The first-order chi connectivity index (χ1) is 12.9. The van der Waals surface area contributed by atoms with Crippen LogP contribution in [0.2, 0.25) is 0 Å². The van der Waals surface area contributed by atoms with Gasteiger partial charge >= 0.3 is 0 Å². The maximum Gasteiger partial charge on any atom is 0.163 e. The van der Waals surface area contributed by atoms with Crippen LogP contribution in [0, 0.1) is 5.41 Å². The number of ketones is 1. The molecule has 4 heteroatoms. The Morgan fingerprint density at radius 1 is 1.11 bits per heavy atom. The van der Waals surface area contributed by atoms with Crippen molar-refractivity contribution in [3.8, 4) is 5.75 Å². The fourth-order valence-electron chi connectivity index (χ4n) is 4.47. The Bertz CT molecular complexity index is 1120. The van der Waals surface area contributed by atoms with E-state index in [1.807, 2.05) is 30.5 Å². The molecule has 0 amide bonds. The van der Waals surface area contributed by atoms with Crippen LogP contribution in [0.3, 0.4) is 0 Å². The number of carbonyl (C=O) groups is 1. The Balaban J connectivity index is 1.78. The quantitative estimate of drug-likeness (QED) is 0.515. The number of hydrogen-bond acceptors (Lipinski definition) is 2. The summed E-state index contributed by atoms with van der Waals surface area (Å²) in [6.45, 7) is 4.27. The van der Waals surface area contributed by atoms with Gasteiger partial charge in [0, 0.05) is 51.5 Å². The zero-order chi connectivity index (χ0) is 18.8. The number of fused-ring (bicyclic) bond motifs is 2. The Kier molecular flexibility index (Phi) is 3.63. The minimum absolute atomic E-state index is 0.0792. The highest BCUT2D eigenvalue weighted by Gasteiger charge is 2.42. The summed E-state index contributed by atoms with van der Waals surface area (Å²) >= 11 is 3.55. The van der Waals surface area contributed by atoms with E-state index in [0.717, 1.165) is 50.0 Å². The van der Waals surface area contributed by atoms with Gasteiger partial charge in [0.2, 0.25) is 0 Å². The lowest BCUT2D eigenvalue weighted by atomic mass is 9.70. The Hall–Kier alpha value is -2.33. The van der Waals surface area contributed by atoms with Gasteiger partial charge in [-0.2, -0.15) is 0 Å². The second kappa shape index (κ2) is 5.83. The van der Waals surface area contributed by atoms with Crippen molar-refractivity contribution < 1.29 is 9.53 Å². The summed E-state index contributed by atoms with van der Waals surface area (Å²) in [4.78, 5) is 16.6. The number of Topliss-reactive ketones (excluding diaryl/α,β-unsaturated/α-hetero) is 1. The molecule has 0 spiro atoms. The fourth-order valence-corrected chi connectivity index (χ4v) is 4.81. The fraction of sp³-hybridized carbons (Fsp3) is 0.261. The molecule has 5 rings (SSSR count). The molecule has 3 aromatic rings. The van der Waals surface area contributed by atoms with Crippen molar-refractivity contribution in [3.05, 3.63) is 75.6 Å². The van der Waals surface area contributed by atoms with Gasteiger partial charge in [-0.15, -0.1) is 0 Å². The molecule has 2 heterocycles. The van der Waals surface area contributed by atoms with Gasteiger partial charge in [-0.1, -0.05) is 54.0 Å². The second-order valence-corrected chi connectivity index (χ2v) is 9.20. The Labute approximate surface area is 166 Å². The van der Waals surface area contributed by atoms with Crippen LogP contribution < -0.4 is 4.74 Å². The lowest BCUT2D eigenvalue weighted by molar-refractivity contribution is -0.118. The highest BCUT2D eigenvalue weighted by Crippen LogP contribution is 2.51. The van der Waals surface area contributed by atoms with Gasteiger partial charge < -0.3 is 9.72 Å². The predicted octanol–water partition coefficient (Wildman–Crippen LogP) is 6.10. The molecule has 3 nitrogen and oxygen atoms in total. The first kappa shape index (κ1) is 16.8. The van der Waals surface area contributed by atoms with Gasteiger partial charge in [0.25, 0.3) is 0 Å². The van der Waals surface area contributed by atoms with Crippen LogP contribution >= 0.6 is 15.9 Å². The van der Waals surface area contributed by atoms with Crippen molar-refractivity contribution in [2.75, 3.05) is 0 Å². The van der Waals surface area contributed by atoms with E-state index >= 15 is 0 Å². The van der Waals surface area contributed by atoms with Crippen molar-refractivity contribution in [2.45, 2.75) is 32.6 Å². The zero-order valence-corrected chi connectivity index (χ0v) is 16.9. The van der Waals surface area contributed by atoms with E-state index in [4.69, 9.17) is 4.74 Å². The van der Waals surface area contributed by atoms with E-state index in [1.54, 1.807) is 0 Å². The number of ether oxygens (including phenoxy) is 1. The van der Waals surface area contributed by atoms with E-state index in [2.05, 4.69) is 53.0 Å². The number of H-pyrrole nitrogens is 1. The molecule has 0 saturated heterocycles. The number of nitrogens with one attached hydrogen (secondary N) is 1. The smallest absolute Gasteiger partial charge is 0.163 e. The predicted molar refractivity (Wildman–Crippen MR) is 110 cm³/mol. The maximum absolute atomic E-state index is 13.2. The molecule has 0 radical (unpaired) electrons. The first-order valence-electron chi connectivity index (χ1n) is 9.22. The van der Waals surface area contributed by atoms with Crippen molar-refractivity contribution >= 4 is 32.6 Å². The Morgan fingerprint density at radius 2 is 1.93 bits per heavy atom. The molecule has 1 aliphatic carbocycles. The third-order valence-corrected chi connectivity index (χ3v) is 6.11. The Morgan fingerprint density at radius 3 is 2.78 bits per heavy atom. The summed E-state index contributed by atoms with van der Waals surface area (Å²) in [5.74, 6) is 1.77. The lowest BCUT2D eigenvalue weighted by Crippen LogP contribution is -2.32. The highest BCUT2D eigenvalue weighted by molar-refractivity contribution is 9.10. The number of benzene rings is 2. The molecule has 0 bridgehead atoms. The van der Waals surface area contributed by atoms with E-state index in [9.17, 15) is 4.79 Å². The van der Waals surface area contributed by atoms with Crippen LogP contribution in [-0.2, 0) is 4.79 Å². The van der Waals surface area contributed by atoms with Gasteiger partial charge in [0.1, 0.15) is 11.5 Å². The number of halogens is 1. The number of aromatic amines is 1. The topological polar surface area (TPSA) is 42.1 Å². The van der Waals surface area contributed by atoms with Gasteiger partial charge in [-0.05, 0) is 29.2 Å². The van der Waals surface area contributed by atoms with E-state index in [1.165, 1.54) is 0 Å². The number of hydrogen-bond donors (Lipinski definition) is 1. The van der Waals surface area contributed by atoms with Gasteiger partial charge in [-0.3, -0.25) is 4.79 Å². The van der Waals surface area contributed by atoms with Crippen molar-refractivity contribution in [1.82, 2.24) is 4.98 Å². The molecule has 2 aromatic carbocycles. The van der Waals surface area contributed by atoms with E-state index in [-0.39, 0.29) is 17.1 Å². The molecule has 0 saturated carbocycles. The number of para-hydroxylation sites is 1. The van der Waals surface area contributed by atoms with Crippen LogP contribution in [-0.4, -0.2) is 10.8 Å². The monoisotopic (exact) mass is 421 g/mol. The van der Waals surface area contributed by atoms with Crippen LogP contribution in [0.4, 0.5) is 0 Å². The molecular formula is C23H20BrNO2. The SMILES string of the molecule is CC1(C)CC(=O)C2=C(C1)Oc1cc(Br)ccc1C2c1c[nH]c2ccccc12. The zero-order valence-electron chi connectivity index (χ0n) is 15.3. The number of allylic oxidation sites excluding steroid dienone is 2. The van der Waals surface area contributed by atoms with Gasteiger partial charge in [0.15, 0.2) is 5.78 Å². The van der Waals surface area contributed by atoms with Crippen LogP contribution in [0.5, 0.6) is 5.75 Å². The van der Waals surface area contributed by atoms with Gasteiger partial charge in [0.05, 0.1) is 0 Å². The second-order valence-electron chi connectivity index (χ2n) is 8.28. The van der Waals surface area contributed by atoms with Crippen molar-refractivity contribution in [1.29, 1.82) is 0 Å². The summed E-state index contributed by atoms with van der Waals surface area (Å²) in [5, 5.41) is 1.16. The summed E-state index contributed by atoms with van der Waals surface area (Å²) in [6, 6.07) is 14.4. The minimum atomic E-state index is -0.100. The van der Waals surface area contributed by atoms with Crippen molar-refractivity contribution in [3.63, 3.8) is 0 Å². The minimum Gasteiger partial charge on any atom is -0.461 e. The number of aromatic nitrogens is 1. The van der Waals surface area contributed by atoms with Crippen LogP contribution in [0.15, 0.2) is 64.5 Å². The standard InChI is InChI=1S/C23H20BrNO2/c1-23(2)10-18(26)22-20(11-23)27-19-9-13(24)7-8-15(19)21(22)16-12-25-17-6-4-3-5-14(16)17/h3-9,12,21,25H,10-11H2,1-2H3. The molecule has 1 aromatic heterocycles. The molecule has 1 atom stereocenters. The van der Waals surface area contributed by atoms with E-state index < -0.39 is 0 Å². The average Bonchev–Trinajstić information content (AvgIpc) is 3.02. The molecule has 27 heavy (non-hydrogen) atoms. The summed E-state index contributed by atoms with van der Waals surface area (Å²) in [6.07, 6.45) is 3.38. The molecule has 1 unspecified atom stereocenters. The number of carbonyl (C=O) groups excluding carboxylic acids is 1. The maximum atomic E-state index is 13.2. The van der Waals surface area contributed by atoms with Crippen LogP contribution in [0.25, 0.3) is 10.9 Å². The molecular weight excluding hydrogens is 402 g/mol. The van der Waals surface area contributed by atoms with Crippen molar-refractivity contribution in [2.24, 2.45) is 5.41 Å². The summed E-state index contributed by atoms with van der Waals surface area (Å²) in [7, 11) is 0. The lowest BCUT2D eigenvalue weighted by Gasteiger charge is -2.38.